The second kappa shape index (κ2) is 5.99. The van der Waals surface area contributed by atoms with Crippen LogP contribution in [0.3, 0.4) is 0 Å². The van der Waals surface area contributed by atoms with Gasteiger partial charge in [0.05, 0.1) is 16.3 Å². The Balaban J connectivity index is 1.51. The molecule has 2 N–H and O–H groups in total. The van der Waals surface area contributed by atoms with Gasteiger partial charge in [-0.15, -0.1) is 11.3 Å². The van der Waals surface area contributed by atoms with Crippen molar-refractivity contribution in [2.24, 2.45) is 5.92 Å². The van der Waals surface area contributed by atoms with E-state index in [1.54, 1.807) is 11.3 Å². The van der Waals surface area contributed by atoms with E-state index in [4.69, 9.17) is 0 Å². The number of nitrogens with zero attached hydrogens (tertiary/aromatic N) is 1. The molecule has 0 radical (unpaired) electrons. The Bertz CT molecular complexity index is 507. The van der Waals surface area contributed by atoms with Crippen LogP contribution in [-0.2, 0) is 6.54 Å². The van der Waals surface area contributed by atoms with Crippen molar-refractivity contribution in [2.45, 2.75) is 38.3 Å². The topological polar surface area (TPSA) is 45.1 Å². The van der Waals surface area contributed by atoms with Gasteiger partial charge in [0.1, 0.15) is 5.01 Å². The highest BCUT2D eigenvalue weighted by Crippen LogP contribution is 2.24. The van der Waals surface area contributed by atoms with Crippen LogP contribution in [-0.4, -0.2) is 22.7 Å². The first-order valence-corrected chi connectivity index (χ1v) is 7.86. The lowest BCUT2D eigenvalue weighted by Crippen LogP contribution is -2.28. The maximum atomic E-state index is 9.65. The number of aromatic nitrogens is 1. The number of fused-ring (bicyclic) bond motifs is 1. The maximum absolute atomic E-state index is 9.65. The molecule has 2 aromatic rings. The Morgan fingerprint density at radius 3 is 3.05 bits per heavy atom. The summed E-state index contributed by atoms with van der Waals surface area (Å²) in [5, 5.41) is 14.3. The molecule has 1 aliphatic carbocycles. The predicted octanol–water partition coefficient (Wildman–Crippen LogP) is 2.94. The molecular weight excluding hydrogens is 256 g/mol. The van der Waals surface area contributed by atoms with Gasteiger partial charge in [0.15, 0.2) is 0 Å². The van der Waals surface area contributed by atoms with Crippen molar-refractivity contribution in [1.82, 2.24) is 10.3 Å². The van der Waals surface area contributed by atoms with Crippen molar-refractivity contribution in [3.63, 3.8) is 0 Å². The van der Waals surface area contributed by atoms with Gasteiger partial charge in [-0.1, -0.05) is 18.6 Å². The Labute approximate surface area is 117 Å². The normalized spacial score (nSPS) is 23.8. The summed E-state index contributed by atoms with van der Waals surface area (Å²) in [6.45, 7) is 1.83. The zero-order chi connectivity index (χ0) is 13.1. The van der Waals surface area contributed by atoms with Crippen LogP contribution in [0, 0.1) is 5.92 Å². The molecule has 1 saturated carbocycles. The van der Waals surface area contributed by atoms with E-state index in [0.29, 0.717) is 5.92 Å². The van der Waals surface area contributed by atoms with E-state index >= 15 is 0 Å². The van der Waals surface area contributed by atoms with Crippen LogP contribution < -0.4 is 5.32 Å². The number of hydrogen-bond donors (Lipinski definition) is 2. The molecule has 1 aromatic carbocycles. The summed E-state index contributed by atoms with van der Waals surface area (Å²) in [7, 11) is 0. The highest BCUT2D eigenvalue weighted by molar-refractivity contribution is 7.18. The van der Waals surface area contributed by atoms with Crippen molar-refractivity contribution in [2.75, 3.05) is 6.54 Å². The maximum Gasteiger partial charge on any atom is 0.108 e. The number of hydrogen-bond acceptors (Lipinski definition) is 4. The van der Waals surface area contributed by atoms with E-state index in [1.165, 1.54) is 11.1 Å². The highest BCUT2D eigenvalue weighted by Gasteiger charge is 2.19. The molecule has 4 heteroatoms. The molecule has 1 fully saturated rings. The van der Waals surface area contributed by atoms with E-state index < -0.39 is 0 Å². The Morgan fingerprint density at radius 1 is 1.32 bits per heavy atom. The van der Waals surface area contributed by atoms with Crippen molar-refractivity contribution in [3.8, 4) is 0 Å². The summed E-state index contributed by atoms with van der Waals surface area (Å²) in [4.78, 5) is 4.62. The number of thiazole rings is 1. The van der Waals surface area contributed by atoms with Gasteiger partial charge in [-0.2, -0.15) is 0 Å². The minimum atomic E-state index is -0.0806. The smallest absolute Gasteiger partial charge is 0.108 e. The molecule has 2 atom stereocenters. The Hall–Kier alpha value is -0.970. The Kier molecular flexibility index (Phi) is 4.11. The van der Waals surface area contributed by atoms with Gasteiger partial charge >= 0.3 is 0 Å². The molecule has 0 bridgehead atoms. The van der Waals surface area contributed by atoms with Gasteiger partial charge in [0.2, 0.25) is 0 Å². The molecule has 1 aromatic heterocycles. The lowest BCUT2D eigenvalue weighted by molar-refractivity contribution is 0.101. The van der Waals surface area contributed by atoms with Gasteiger partial charge in [-0.3, -0.25) is 0 Å². The zero-order valence-electron chi connectivity index (χ0n) is 11.0. The standard InChI is InChI=1S/C15H20N2OS/c18-12-5-3-4-11(8-12)9-16-10-15-17-13-6-1-2-7-14(13)19-15/h1-2,6-7,11-12,16,18H,3-5,8-10H2. The molecule has 0 spiro atoms. The van der Waals surface area contributed by atoms with E-state index in [0.717, 1.165) is 42.9 Å². The summed E-state index contributed by atoms with van der Waals surface area (Å²) >= 11 is 1.76. The fourth-order valence-corrected chi connectivity index (χ4v) is 3.76. The van der Waals surface area contributed by atoms with Gasteiger partial charge in [-0.25, -0.2) is 4.98 Å². The van der Waals surface area contributed by atoms with Gasteiger partial charge in [0.25, 0.3) is 0 Å². The molecule has 1 heterocycles. The number of aliphatic hydroxyl groups excluding tert-OH is 1. The lowest BCUT2D eigenvalue weighted by Gasteiger charge is -2.25. The molecule has 0 aliphatic heterocycles. The van der Waals surface area contributed by atoms with Crippen LogP contribution in [0.5, 0.6) is 0 Å². The van der Waals surface area contributed by atoms with Crippen LogP contribution in [0.1, 0.15) is 30.7 Å². The SMILES string of the molecule is OC1CCCC(CNCc2nc3ccccc3s2)C1. The Morgan fingerprint density at radius 2 is 2.21 bits per heavy atom. The molecule has 1 aliphatic rings. The summed E-state index contributed by atoms with van der Waals surface area (Å²) in [5.74, 6) is 0.623. The van der Waals surface area contributed by atoms with E-state index in [9.17, 15) is 5.11 Å². The lowest BCUT2D eigenvalue weighted by atomic mass is 9.87. The first-order valence-electron chi connectivity index (χ1n) is 7.04. The average molecular weight is 276 g/mol. The fraction of sp³-hybridized carbons (Fsp3) is 0.533. The van der Waals surface area contributed by atoms with Crippen LogP contribution in [0.15, 0.2) is 24.3 Å². The quantitative estimate of drug-likeness (QED) is 0.902. The monoisotopic (exact) mass is 276 g/mol. The van der Waals surface area contributed by atoms with Crippen molar-refractivity contribution in [3.05, 3.63) is 29.3 Å². The highest BCUT2D eigenvalue weighted by atomic mass is 32.1. The van der Waals surface area contributed by atoms with E-state index in [1.807, 2.05) is 6.07 Å². The van der Waals surface area contributed by atoms with E-state index in [2.05, 4.69) is 28.5 Å². The molecule has 3 rings (SSSR count). The second-order valence-electron chi connectivity index (χ2n) is 5.39. The molecule has 3 nitrogen and oxygen atoms in total. The first kappa shape index (κ1) is 13.0. The minimum absolute atomic E-state index is 0.0806. The third kappa shape index (κ3) is 3.32. The average Bonchev–Trinajstić information content (AvgIpc) is 2.81. The summed E-state index contributed by atoms with van der Waals surface area (Å²) in [6, 6.07) is 8.27. The van der Waals surface area contributed by atoms with Crippen LogP contribution in [0.2, 0.25) is 0 Å². The van der Waals surface area contributed by atoms with Gasteiger partial charge in [-0.05, 0) is 43.9 Å². The van der Waals surface area contributed by atoms with Gasteiger partial charge < -0.3 is 10.4 Å². The number of nitrogens with one attached hydrogen (secondary N) is 1. The third-order valence-electron chi connectivity index (χ3n) is 3.80. The van der Waals surface area contributed by atoms with Crippen LogP contribution >= 0.6 is 11.3 Å². The van der Waals surface area contributed by atoms with Crippen LogP contribution in [0.25, 0.3) is 10.2 Å². The van der Waals surface area contributed by atoms with Gasteiger partial charge in [0, 0.05) is 6.54 Å². The molecular formula is C15H20N2OS. The number of aliphatic hydroxyl groups is 1. The molecule has 2 unspecified atom stereocenters. The fourth-order valence-electron chi connectivity index (χ4n) is 2.83. The molecule has 102 valence electrons. The van der Waals surface area contributed by atoms with Crippen LogP contribution in [0.4, 0.5) is 0 Å². The minimum Gasteiger partial charge on any atom is -0.393 e. The van der Waals surface area contributed by atoms with Crippen molar-refractivity contribution in [1.29, 1.82) is 0 Å². The molecule has 0 saturated heterocycles. The summed E-state index contributed by atoms with van der Waals surface area (Å²) in [5.41, 5.74) is 1.09. The third-order valence-corrected chi connectivity index (χ3v) is 4.84. The van der Waals surface area contributed by atoms with E-state index in [-0.39, 0.29) is 6.10 Å². The first-order chi connectivity index (χ1) is 9.31. The molecule has 19 heavy (non-hydrogen) atoms. The molecule has 0 amide bonds. The van der Waals surface area contributed by atoms with Crippen molar-refractivity contribution < 1.29 is 5.11 Å². The summed E-state index contributed by atoms with van der Waals surface area (Å²) < 4.78 is 1.26. The zero-order valence-corrected chi connectivity index (χ0v) is 11.8. The second-order valence-corrected chi connectivity index (χ2v) is 6.51. The number of para-hydroxylation sites is 1. The number of rotatable bonds is 4. The number of benzene rings is 1. The van der Waals surface area contributed by atoms with Crippen molar-refractivity contribution >= 4 is 21.6 Å². The largest absolute Gasteiger partial charge is 0.393 e. The predicted molar refractivity (Wildman–Crippen MR) is 79.3 cm³/mol. The summed E-state index contributed by atoms with van der Waals surface area (Å²) in [6.07, 6.45) is 4.25.